The van der Waals surface area contributed by atoms with Crippen LogP contribution in [0.4, 0.5) is 11.5 Å². The molecule has 2 heterocycles. The second-order valence-electron chi connectivity index (χ2n) is 6.19. The van der Waals surface area contributed by atoms with Gasteiger partial charge in [-0.15, -0.1) is 0 Å². The first-order chi connectivity index (χ1) is 10.9. The highest BCUT2D eigenvalue weighted by atomic mass is 16.5. The van der Waals surface area contributed by atoms with Crippen molar-refractivity contribution in [1.29, 1.82) is 0 Å². The zero-order chi connectivity index (χ0) is 14.8. The normalized spacial score (nSPS) is 19.1. The third-order valence-corrected chi connectivity index (χ3v) is 4.39. The molecule has 0 amide bonds. The maximum atomic E-state index is 5.48. The number of hydrogen-bond donors (Lipinski definition) is 1. The summed E-state index contributed by atoms with van der Waals surface area (Å²) in [5.41, 5.74) is 2.25. The van der Waals surface area contributed by atoms with E-state index in [1.165, 1.54) is 18.5 Å². The summed E-state index contributed by atoms with van der Waals surface area (Å²) < 4.78 is 5.48. The van der Waals surface area contributed by atoms with Gasteiger partial charge in [-0.3, -0.25) is 0 Å². The number of ether oxygens (including phenoxy) is 1. The average Bonchev–Trinajstić information content (AvgIpc) is 3.41. The standard InChI is InChI=1S/C18H21N3O/c1-2-4-15(5-3-1)19-17-12-16(13-8-10-22-11-9-13)20-18(21-17)14-6-7-14/h1-5,12-14H,6-11H2,(H,19,20,21). The fourth-order valence-corrected chi connectivity index (χ4v) is 2.95. The van der Waals surface area contributed by atoms with Crippen molar-refractivity contribution >= 4 is 11.5 Å². The first kappa shape index (κ1) is 13.7. The summed E-state index contributed by atoms with van der Waals surface area (Å²) in [7, 11) is 0. The highest BCUT2D eigenvalue weighted by molar-refractivity contribution is 5.56. The van der Waals surface area contributed by atoms with Crippen molar-refractivity contribution in [2.75, 3.05) is 18.5 Å². The first-order valence-electron chi connectivity index (χ1n) is 8.17. The summed E-state index contributed by atoms with van der Waals surface area (Å²) >= 11 is 0. The van der Waals surface area contributed by atoms with Crippen LogP contribution in [0.3, 0.4) is 0 Å². The topological polar surface area (TPSA) is 47.0 Å². The highest BCUT2D eigenvalue weighted by Gasteiger charge is 2.28. The van der Waals surface area contributed by atoms with Gasteiger partial charge in [0.25, 0.3) is 0 Å². The fourth-order valence-electron chi connectivity index (χ4n) is 2.95. The van der Waals surface area contributed by atoms with Crippen LogP contribution in [0.5, 0.6) is 0 Å². The third-order valence-electron chi connectivity index (χ3n) is 4.39. The molecule has 1 N–H and O–H groups in total. The lowest BCUT2D eigenvalue weighted by molar-refractivity contribution is 0.0844. The quantitative estimate of drug-likeness (QED) is 0.926. The molecule has 114 valence electrons. The van der Waals surface area contributed by atoms with Gasteiger partial charge < -0.3 is 10.1 Å². The molecule has 4 heteroatoms. The van der Waals surface area contributed by atoms with E-state index in [-0.39, 0.29) is 0 Å². The van der Waals surface area contributed by atoms with Crippen molar-refractivity contribution in [3.63, 3.8) is 0 Å². The molecule has 1 aromatic heterocycles. The van der Waals surface area contributed by atoms with Gasteiger partial charge in [-0.05, 0) is 37.8 Å². The van der Waals surface area contributed by atoms with Crippen LogP contribution in [0.25, 0.3) is 0 Å². The molecule has 0 bridgehead atoms. The van der Waals surface area contributed by atoms with Crippen molar-refractivity contribution < 1.29 is 4.74 Å². The Kier molecular flexibility index (Phi) is 3.77. The fraction of sp³-hybridized carbons (Fsp3) is 0.444. The Morgan fingerprint density at radius 1 is 0.909 bits per heavy atom. The largest absolute Gasteiger partial charge is 0.381 e. The van der Waals surface area contributed by atoms with Crippen LogP contribution < -0.4 is 5.32 Å². The highest BCUT2D eigenvalue weighted by Crippen LogP contribution is 2.39. The van der Waals surface area contributed by atoms with Gasteiger partial charge in [0, 0.05) is 42.5 Å². The van der Waals surface area contributed by atoms with E-state index in [0.717, 1.165) is 43.4 Å². The number of rotatable bonds is 4. The van der Waals surface area contributed by atoms with Crippen molar-refractivity contribution in [2.24, 2.45) is 0 Å². The van der Waals surface area contributed by atoms with E-state index in [9.17, 15) is 0 Å². The van der Waals surface area contributed by atoms with Crippen LogP contribution in [0.1, 0.15) is 49.0 Å². The number of anilines is 2. The molecule has 1 aromatic carbocycles. The Labute approximate surface area is 130 Å². The number of benzene rings is 1. The van der Waals surface area contributed by atoms with Gasteiger partial charge in [0.2, 0.25) is 0 Å². The van der Waals surface area contributed by atoms with Crippen LogP contribution in [-0.2, 0) is 4.74 Å². The Hall–Kier alpha value is -1.94. The van der Waals surface area contributed by atoms with Crippen molar-refractivity contribution in [3.05, 3.63) is 47.9 Å². The van der Waals surface area contributed by atoms with Crippen LogP contribution in [-0.4, -0.2) is 23.2 Å². The van der Waals surface area contributed by atoms with E-state index >= 15 is 0 Å². The predicted octanol–water partition coefficient (Wildman–Crippen LogP) is 3.99. The van der Waals surface area contributed by atoms with Crippen LogP contribution in [0.15, 0.2) is 36.4 Å². The Morgan fingerprint density at radius 2 is 1.68 bits per heavy atom. The molecule has 0 spiro atoms. The van der Waals surface area contributed by atoms with Gasteiger partial charge in [0.1, 0.15) is 11.6 Å². The minimum Gasteiger partial charge on any atom is -0.381 e. The molecular formula is C18H21N3O. The summed E-state index contributed by atoms with van der Waals surface area (Å²) in [6.07, 6.45) is 4.57. The molecule has 4 rings (SSSR count). The molecule has 0 radical (unpaired) electrons. The minimum absolute atomic E-state index is 0.505. The molecule has 1 aliphatic heterocycles. The molecule has 1 saturated heterocycles. The van der Waals surface area contributed by atoms with Gasteiger partial charge in [-0.1, -0.05) is 18.2 Å². The number of nitrogens with zero attached hydrogens (tertiary/aromatic N) is 2. The Bertz CT molecular complexity index is 634. The van der Waals surface area contributed by atoms with E-state index in [0.29, 0.717) is 11.8 Å². The lowest BCUT2D eigenvalue weighted by Gasteiger charge is -2.22. The maximum Gasteiger partial charge on any atom is 0.134 e. The maximum absolute atomic E-state index is 5.48. The number of aromatic nitrogens is 2. The number of nitrogens with one attached hydrogen (secondary N) is 1. The Morgan fingerprint density at radius 3 is 2.41 bits per heavy atom. The summed E-state index contributed by atoms with van der Waals surface area (Å²) in [5, 5.41) is 3.42. The average molecular weight is 295 g/mol. The van der Waals surface area contributed by atoms with Gasteiger partial charge in [0.15, 0.2) is 0 Å². The minimum atomic E-state index is 0.505. The second-order valence-corrected chi connectivity index (χ2v) is 6.19. The van der Waals surface area contributed by atoms with E-state index in [4.69, 9.17) is 14.7 Å². The van der Waals surface area contributed by atoms with Crippen molar-refractivity contribution in [2.45, 2.75) is 37.5 Å². The van der Waals surface area contributed by atoms with Gasteiger partial charge in [-0.25, -0.2) is 9.97 Å². The summed E-state index contributed by atoms with van der Waals surface area (Å²) in [6, 6.07) is 12.3. The molecule has 0 atom stereocenters. The summed E-state index contributed by atoms with van der Waals surface area (Å²) in [4.78, 5) is 9.59. The van der Waals surface area contributed by atoms with Crippen LogP contribution >= 0.6 is 0 Å². The van der Waals surface area contributed by atoms with Crippen LogP contribution in [0.2, 0.25) is 0 Å². The SMILES string of the molecule is c1ccc(Nc2cc(C3CCOCC3)nc(C3CC3)n2)cc1. The first-order valence-corrected chi connectivity index (χ1v) is 8.17. The molecule has 1 saturated carbocycles. The third kappa shape index (κ3) is 3.12. The lowest BCUT2D eigenvalue weighted by atomic mass is 9.96. The van der Waals surface area contributed by atoms with Crippen molar-refractivity contribution in [1.82, 2.24) is 9.97 Å². The molecule has 2 aromatic rings. The molecule has 2 aliphatic rings. The van der Waals surface area contributed by atoms with Crippen LogP contribution in [0, 0.1) is 0 Å². The molecule has 1 aliphatic carbocycles. The summed E-state index contributed by atoms with van der Waals surface area (Å²) in [6.45, 7) is 1.68. The second kappa shape index (κ2) is 6.05. The molecular weight excluding hydrogens is 274 g/mol. The van der Waals surface area contributed by atoms with Gasteiger partial charge >= 0.3 is 0 Å². The van der Waals surface area contributed by atoms with Gasteiger partial charge in [0.05, 0.1) is 0 Å². The van der Waals surface area contributed by atoms with Gasteiger partial charge in [-0.2, -0.15) is 0 Å². The number of hydrogen-bond acceptors (Lipinski definition) is 4. The smallest absolute Gasteiger partial charge is 0.134 e. The van der Waals surface area contributed by atoms with E-state index in [2.05, 4.69) is 23.5 Å². The van der Waals surface area contributed by atoms with E-state index < -0.39 is 0 Å². The monoisotopic (exact) mass is 295 g/mol. The van der Waals surface area contributed by atoms with E-state index in [1.807, 2.05) is 18.2 Å². The molecule has 22 heavy (non-hydrogen) atoms. The predicted molar refractivity (Wildman–Crippen MR) is 86.5 cm³/mol. The lowest BCUT2D eigenvalue weighted by Crippen LogP contribution is -2.16. The van der Waals surface area contributed by atoms with Crippen molar-refractivity contribution in [3.8, 4) is 0 Å². The zero-order valence-electron chi connectivity index (χ0n) is 12.7. The van der Waals surface area contributed by atoms with E-state index in [1.54, 1.807) is 0 Å². The number of para-hydroxylation sites is 1. The molecule has 0 unspecified atom stereocenters. The molecule has 2 fully saturated rings. The zero-order valence-corrected chi connectivity index (χ0v) is 12.7. The molecule has 4 nitrogen and oxygen atoms in total. The summed E-state index contributed by atoms with van der Waals surface area (Å²) in [5.74, 6) is 3.01. The Balaban J connectivity index is 1.63.